The van der Waals surface area contributed by atoms with E-state index in [0.29, 0.717) is 23.3 Å². The van der Waals surface area contributed by atoms with Crippen molar-refractivity contribution < 1.29 is 13.9 Å². The summed E-state index contributed by atoms with van der Waals surface area (Å²) in [6, 6.07) is 22.0. The van der Waals surface area contributed by atoms with Crippen LogP contribution in [0.2, 0.25) is 0 Å². The zero-order valence-electron chi connectivity index (χ0n) is 20.1. The van der Waals surface area contributed by atoms with Gasteiger partial charge in [-0.3, -0.25) is 9.36 Å². The molecule has 0 saturated heterocycles. The summed E-state index contributed by atoms with van der Waals surface area (Å²) in [5, 5.41) is 9.07. The standard InChI is InChI=1S/C27H27FN4O2S/c1-18-12-14-22(15-13-18)32-25(23-10-5-6-11-24(23)34-4)29-30-27(32)35-19(2)26(33)31(3)17-20-8-7-9-21(28)16-20/h5-16,19H,17H2,1-4H3/t19-/m1/s1. The van der Waals surface area contributed by atoms with Gasteiger partial charge in [0.25, 0.3) is 0 Å². The van der Waals surface area contributed by atoms with Crippen LogP contribution in [0.5, 0.6) is 5.75 Å². The highest BCUT2D eigenvalue weighted by Gasteiger charge is 2.25. The summed E-state index contributed by atoms with van der Waals surface area (Å²) in [5.41, 5.74) is 3.56. The van der Waals surface area contributed by atoms with Crippen LogP contribution in [-0.2, 0) is 11.3 Å². The van der Waals surface area contributed by atoms with Gasteiger partial charge in [0.15, 0.2) is 11.0 Å². The Morgan fingerprint density at radius 2 is 1.83 bits per heavy atom. The molecule has 1 atom stereocenters. The second-order valence-electron chi connectivity index (χ2n) is 8.26. The summed E-state index contributed by atoms with van der Waals surface area (Å²) in [6.07, 6.45) is 0. The Morgan fingerprint density at radius 1 is 1.09 bits per heavy atom. The number of carbonyl (C=O) groups excluding carboxylic acids is 1. The van der Waals surface area contributed by atoms with Gasteiger partial charge >= 0.3 is 0 Å². The third-order valence-corrected chi connectivity index (χ3v) is 6.62. The maximum Gasteiger partial charge on any atom is 0.235 e. The molecule has 0 radical (unpaired) electrons. The van der Waals surface area contributed by atoms with E-state index in [9.17, 15) is 9.18 Å². The number of carbonyl (C=O) groups is 1. The molecule has 0 fully saturated rings. The lowest BCUT2D eigenvalue weighted by Crippen LogP contribution is -2.33. The molecule has 0 aliphatic rings. The number of nitrogens with zero attached hydrogens (tertiary/aromatic N) is 4. The average molecular weight is 491 g/mol. The van der Waals surface area contributed by atoms with Crippen molar-refractivity contribution >= 4 is 17.7 Å². The molecule has 180 valence electrons. The van der Waals surface area contributed by atoms with Gasteiger partial charge in [-0.25, -0.2) is 4.39 Å². The van der Waals surface area contributed by atoms with E-state index in [1.165, 1.54) is 23.9 Å². The first-order chi connectivity index (χ1) is 16.9. The van der Waals surface area contributed by atoms with Crippen molar-refractivity contribution in [3.8, 4) is 22.8 Å². The molecule has 8 heteroatoms. The third-order valence-electron chi connectivity index (χ3n) is 5.59. The molecule has 1 heterocycles. The van der Waals surface area contributed by atoms with Crippen molar-refractivity contribution in [2.24, 2.45) is 0 Å². The highest BCUT2D eigenvalue weighted by atomic mass is 32.2. The van der Waals surface area contributed by atoms with Crippen LogP contribution in [0, 0.1) is 12.7 Å². The fourth-order valence-electron chi connectivity index (χ4n) is 3.78. The smallest absolute Gasteiger partial charge is 0.235 e. The van der Waals surface area contributed by atoms with E-state index >= 15 is 0 Å². The topological polar surface area (TPSA) is 60.3 Å². The SMILES string of the molecule is COc1ccccc1-c1nnc(S[C@H](C)C(=O)N(C)Cc2cccc(F)c2)n1-c1ccc(C)cc1. The number of halogens is 1. The maximum atomic E-state index is 13.6. The summed E-state index contributed by atoms with van der Waals surface area (Å²) in [6.45, 7) is 4.19. The van der Waals surface area contributed by atoms with Crippen LogP contribution in [0.15, 0.2) is 78.0 Å². The van der Waals surface area contributed by atoms with Crippen molar-refractivity contribution in [2.45, 2.75) is 30.8 Å². The van der Waals surface area contributed by atoms with Crippen LogP contribution in [-0.4, -0.2) is 45.0 Å². The van der Waals surface area contributed by atoms with Crippen molar-refractivity contribution in [3.63, 3.8) is 0 Å². The summed E-state index contributed by atoms with van der Waals surface area (Å²) >= 11 is 1.33. The number of para-hydroxylation sites is 1. The van der Waals surface area contributed by atoms with Crippen molar-refractivity contribution in [1.82, 2.24) is 19.7 Å². The molecule has 6 nitrogen and oxygen atoms in total. The highest BCUT2D eigenvalue weighted by Crippen LogP contribution is 2.34. The Kier molecular flexibility index (Phi) is 7.51. The molecular weight excluding hydrogens is 463 g/mol. The van der Waals surface area contributed by atoms with Crippen LogP contribution in [0.3, 0.4) is 0 Å². The molecule has 1 amide bonds. The molecular formula is C27H27FN4O2S. The number of rotatable bonds is 8. The van der Waals surface area contributed by atoms with E-state index in [1.807, 2.05) is 66.9 Å². The molecule has 4 aromatic rings. The fraction of sp³-hybridized carbons (Fsp3) is 0.222. The molecule has 4 rings (SSSR count). The van der Waals surface area contributed by atoms with Crippen LogP contribution in [0.25, 0.3) is 17.1 Å². The minimum absolute atomic E-state index is 0.0865. The number of thioether (sulfide) groups is 1. The monoisotopic (exact) mass is 490 g/mol. The Labute approximate surface area is 208 Å². The van der Waals surface area contributed by atoms with Crippen LogP contribution in [0.1, 0.15) is 18.1 Å². The predicted octanol–water partition coefficient (Wildman–Crippen LogP) is 5.53. The Hall–Kier alpha value is -3.65. The first-order valence-electron chi connectivity index (χ1n) is 11.2. The molecule has 0 unspecified atom stereocenters. The van der Waals surface area contributed by atoms with Gasteiger partial charge in [0, 0.05) is 19.3 Å². The third kappa shape index (κ3) is 5.54. The highest BCUT2D eigenvalue weighted by molar-refractivity contribution is 8.00. The van der Waals surface area contributed by atoms with Gasteiger partial charge in [-0.1, -0.05) is 53.7 Å². The van der Waals surface area contributed by atoms with E-state index in [1.54, 1.807) is 31.2 Å². The predicted molar refractivity (Wildman–Crippen MR) is 136 cm³/mol. The summed E-state index contributed by atoms with van der Waals surface area (Å²) < 4.78 is 21.1. The second kappa shape index (κ2) is 10.7. The normalized spacial score (nSPS) is 11.8. The van der Waals surface area contributed by atoms with Gasteiger partial charge in [-0.05, 0) is 55.8 Å². The number of hydrogen-bond donors (Lipinski definition) is 0. The first-order valence-corrected chi connectivity index (χ1v) is 12.1. The van der Waals surface area contributed by atoms with Gasteiger partial charge in [-0.2, -0.15) is 0 Å². The minimum Gasteiger partial charge on any atom is -0.496 e. The van der Waals surface area contributed by atoms with Gasteiger partial charge in [0.2, 0.25) is 5.91 Å². The van der Waals surface area contributed by atoms with E-state index in [4.69, 9.17) is 4.74 Å². The molecule has 3 aromatic carbocycles. The molecule has 0 bridgehead atoms. The Morgan fingerprint density at radius 3 is 2.54 bits per heavy atom. The number of amides is 1. The van der Waals surface area contributed by atoms with Gasteiger partial charge in [0.05, 0.1) is 17.9 Å². The van der Waals surface area contributed by atoms with E-state index < -0.39 is 5.25 Å². The molecule has 0 saturated carbocycles. The molecule has 35 heavy (non-hydrogen) atoms. The first kappa shape index (κ1) is 24.5. The van der Waals surface area contributed by atoms with Crippen LogP contribution < -0.4 is 4.74 Å². The Balaban J connectivity index is 1.64. The fourth-order valence-corrected chi connectivity index (χ4v) is 4.76. The average Bonchev–Trinajstić information content (AvgIpc) is 3.27. The van der Waals surface area contributed by atoms with Crippen LogP contribution in [0.4, 0.5) is 4.39 Å². The van der Waals surface area contributed by atoms with Gasteiger partial charge in [0.1, 0.15) is 11.6 Å². The number of ether oxygens (including phenoxy) is 1. The summed E-state index contributed by atoms with van der Waals surface area (Å²) in [4.78, 5) is 14.7. The molecule has 1 aromatic heterocycles. The van der Waals surface area contributed by atoms with E-state index in [2.05, 4.69) is 10.2 Å². The molecule has 0 N–H and O–H groups in total. The minimum atomic E-state index is -0.438. The van der Waals surface area contributed by atoms with Crippen molar-refractivity contribution in [3.05, 3.63) is 89.7 Å². The number of hydrogen-bond acceptors (Lipinski definition) is 5. The maximum absolute atomic E-state index is 13.6. The van der Waals surface area contributed by atoms with Crippen molar-refractivity contribution in [2.75, 3.05) is 14.2 Å². The lowest BCUT2D eigenvalue weighted by Gasteiger charge is -2.21. The van der Waals surface area contributed by atoms with Crippen LogP contribution >= 0.6 is 11.8 Å². The number of aryl methyl sites for hydroxylation is 1. The summed E-state index contributed by atoms with van der Waals surface area (Å²) in [5.74, 6) is 0.905. The van der Waals surface area contributed by atoms with Crippen molar-refractivity contribution in [1.29, 1.82) is 0 Å². The lowest BCUT2D eigenvalue weighted by molar-refractivity contribution is -0.129. The zero-order chi connectivity index (χ0) is 24.9. The summed E-state index contributed by atoms with van der Waals surface area (Å²) in [7, 11) is 3.34. The number of methoxy groups -OCH3 is 1. The number of aromatic nitrogens is 3. The van der Waals surface area contributed by atoms with Gasteiger partial charge < -0.3 is 9.64 Å². The van der Waals surface area contributed by atoms with E-state index in [-0.39, 0.29) is 11.7 Å². The molecule has 0 aliphatic heterocycles. The number of benzene rings is 3. The zero-order valence-corrected chi connectivity index (χ0v) is 20.9. The largest absolute Gasteiger partial charge is 0.496 e. The lowest BCUT2D eigenvalue weighted by atomic mass is 10.1. The van der Waals surface area contributed by atoms with Gasteiger partial charge in [-0.15, -0.1) is 10.2 Å². The second-order valence-corrected chi connectivity index (χ2v) is 9.57. The van der Waals surface area contributed by atoms with E-state index in [0.717, 1.165) is 22.4 Å². The Bertz CT molecular complexity index is 1320. The molecule has 0 aliphatic carbocycles. The quantitative estimate of drug-likeness (QED) is 0.304. The molecule has 0 spiro atoms.